The van der Waals surface area contributed by atoms with E-state index in [1.807, 2.05) is 6.07 Å². The molecule has 4 nitrogen and oxygen atoms in total. The van der Waals surface area contributed by atoms with Crippen LogP contribution in [0.4, 0.5) is 0 Å². The molecule has 16 heavy (non-hydrogen) atoms. The van der Waals surface area contributed by atoms with Gasteiger partial charge in [0.25, 0.3) is 0 Å². The topological polar surface area (TPSA) is 62.4 Å². The summed E-state index contributed by atoms with van der Waals surface area (Å²) < 4.78 is 0. The lowest BCUT2D eigenvalue weighted by molar-refractivity contribution is 0.220. The van der Waals surface area contributed by atoms with Gasteiger partial charge in [0, 0.05) is 32.4 Å². The van der Waals surface area contributed by atoms with Gasteiger partial charge in [-0.1, -0.05) is 6.07 Å². The van der Waals surface area contributed by atoms with E-state index in [-0.39, 0.29) is 0 Å². The Labute approximate surface area is 96.1 Å². The number of aliphatic hydroxyl groups excluding tert-OH is 1. The van der Waals surface area contributed by atoms with Crippen LogP contribution < -0.4 is 5.73 Å². The van der Waals surface area contributed by atoms with Crippen molar-refractivity contribution >= 4 is 0 Å². The number of aromatic nitrogens is 1. The number of hydrogen-bond acceptors (Lipinski definition) is 4. The van der Waals surface area contributed by atoms with Gasteiger partial charge in [-0.3, -0.25) is 9.88 Å². The maximum absolute atomic E-state index is 9.09. The zero-order chi connectivity index (χ0) is 11.4. The van der Waals surface area contributed by atoms with Crippen LogP contribution in [-0.4, -0.2) is 34.7 Å². The number of rotatable bonds is 4. The number of nitrogens with two attached hydrogens (primary N) is 1. The molecule has 1 atom stereocenters. The van der Waals surface area contributed by atoms with E-state index in [1.165, 1.54) is 5.56 Å². The average Bonchev–Trinajstić information content (AvgIpc) is 2.77. The molecule has 1 aliphatic rings. The molecule has 3 N–H and O–H groups in total. The lowest BCUT2D eigenvalue weighted by Crippen LogP contribution is -2.22. The SMILES string of the molecule is NCc1ncccc1CN1CCC(CO)C1. The zero-order valence-corrected chi connectivity index (χ0v) is 9.47. The van der Waals surface area contributed by atoms with Crippen molar-refractivity contribution in [2.75, 3.05) is 19.7 Å². The van der Waals surface area contributed by atoms with E-state index in [0.717, 1.165) is 31.7 Å². The number of pyridine rings is 1. The first-order valence-electron chi connectivity index (χ1n) is 5.79. The Hall–Kier alpha value is -0.970. The van der Waals surface area contributed by atoms with Crippen molar-refractivity contribution in [3.8, 4) is 0 Å². The van der Waals surface area contributed by atoms with Crippen molar-refractivity contribution < 1.29 is 5.11 Å². The molecule has 2 heterocycles. The minimum Gasteiger partial charge on any atom is -0.396 e. The van der Waals surface area contributed by atoms with Crippen molar-refractivity contribution in [2.45, 2.75) is 19.5 Å². The smallest absolute Gasteiger partial charge is 0.0584 e. The molecule has 0 bridgehead atoms. The van der Waals surface area contributed by atoms with Gasteiger partial charge >= 0.3 is 0 Å². The Balaban J connectivity index is 1.99. The summed E-state index contributed by atoms with van der Waals surface area (Å²) in [7, 11) is 0. The Morgan fingerprint density at radius 1 is 1.56 bits per heavy atom. The summed E-state index contributed by atoms with van der Waals surface area (Å²) in [5.41, 5.74) is 7.85. The molecule has 1 unspecified atom stereocenters. The molecule has 1 aromatic heterocycles. The highest BCUT2D eigenvalue weighted by atomic mass is 16.3. The number of aliphatic hydroxyl groups is 1. The van der Waals surface area contributed by atoms with E-state index >= 15 is 0 Å². The molecular formula is C12H19N3O. The van der Waals surface area contributed by atoms with E-state index in [9.17, 15) is 0 Å². The molecule has 0 aliphatic carbocycles. The van der Waals surface area contributed by atoms with Crippen molar-refractivity contribution in [1.29, 1.82) is 0 Å². The highest BCUT2D eigenvalue weighted by molar-refractivity contribution is 5.19. The highest BCUT2D eigenvalue weighted by Gasteiger charge is 2.22. The Kier molecular flexibility index (Phi) is 3.88. The first-order chi connectivity index (χ1) is 7.83. The molecule has 2 rings (SSSR count). The summed E-state index contributed by atoms with van der Waals surface area (Å²) in [4.78, 5) is 6.64. The summed E-state index contributed by atoms with van der Waals surface area (Å²) in [6.07, 6.45) is 2.88. The van der Waals surface area contributed by atoms with Crippen molar-refractivity contribution in [3.05, 3.63) is 29.6 Å². The number of likely N-dealkylation sites (tertiary alicyclic amines) is 1. The van der Waals surface area contributed by atoms with Gasteiger partial charge in [-0.15, -0.1) is 0 Å². The predicted octanol–water partition coefficient (Wildman–Crippen LogP) is 0.354. The van der Waals surface area contributed by atoms with Gasteiger partial charge in [0.2, 0.25) is 0 Å². The second-order valence-corrected chi connectivity index (χ2v) is 4.39. The Morgan fingerprint density at radius 3 is 3.12 bits per heavy atom. The van der Waals surface area contributed by atoms with E-state index in [0.29, 0.717) is 19.1 Å². The van der Waals surface area contributed by atoms with Crippen LogP contribution in [0.5, 0.6) is 0 Å². The first kappa shape index (κ1) is 11.5. The van der Waals surface area contributed by atoms with E-state index < -0.39 is 0 Å². The normalized spacial score (nSPS) is 21.5. The van der Waals surface area contributed by atoms with Crippen LogP contribution >= 0.6 is 0 Å². The maximum atomic E-state index is 9.09. The summed E-state index contributed by atoms with van der Waals surface area (Å²) in [5.74, 6) is 0.443. The second kappa shape index (κ2) is 5.39. The Morgan fingerprint density at radius 2 is 2.44 bits per heavy atom. The van der Waals surface area contributed by atoms with Gasteiger partial charge in [-0.05, 0) is 30.5 Å². The van der Waals surface area contributed by atoms with Crippen molar-refractivity contribution in [2.24, 2.45) is 11.7 Å². The summed E-state index contributed by atoms with van der Waals surface area (Å²) in [5, 5.41) is 9.09. The lowest BCUT2D eigenvalue weighted by Gasteiger charge is -2.17. The molecule has 0 radical (unpaired) electrons. The quantitative estimate of drug-likeness (QED) is 0.770. The third kappa shape index (κ3) is 2.58. The van der Waals surface area contributed by atoms with E-state index in [1.54, 1.807) is 6.20 Å². The molecule has 0 saturated carbocycles. The summed E-state index contributed by atoms with van der Waals surface area (Å²) >= 11 is 0. The minimum atomic E-state index is 0.299. The van der Waals surface area contributed by atoms with Gasteiger partial charge in [0.1, 0.15) is 0 Å². The molecule has 1 aromatic rings. The van der Waals surface area contributed by atoms with Gasteiger partial charge < -0.3 is 10.8 Å². The van der Waals surface area contributed by atoms with Gasteiger partial charge in [-0.2, -0.15) is 0 Å². The first-order valence-corrected chi connectivity index (χ1v) is 5.79. The third-order valence-electron chi connectivity index (χ3n) is 3.20. The minimum absolute atomic E-state index is 0.299. The monoisotopic (exact) mass is 221 g/mol. The molecule has 0 aromatic carbocycles. The number of hydrogen-bond donors (Lipinski definition) is 2. The molecule has 1 saturated heterocycles. The molecule has 4 heteroatoms. The van der Waals surface area contributed by atoms with Crippen molar-refractivity contribution in [1.82, 2.24) is 9.88 Å². The van der Waals surface area contributed by atoms with Gasteiger partial charge in [0.15, 0.2) is 0 Å². The number of nitrogens with zero attached hydrogens (tertiary/aromatic N) is 2. The van der Waals surface area contributed by atoms with Crippen LogP contribution in [-0.2, 0) is 13.1 Å². The fraction of sp³-hybridized carbons (Fsp3) is 0.583. The molecule has 1 aliphatic heterocycles. The molecule has 0 amide bonds. The van der Waals surface area contributed by atoms with E-state index in [4.69, 9.17) is 10.8 Å². The van der Waals surface area contributed by atoms with Crippen LogP contribution in [0.25, 0.3) is 0 Å². The lowest BCUT2D eigenvalue weighted by atomic mass is 10.1. The van der Waals surface area contributed by atoms with Gasteiger partial charge in [0.05, 0.1) is 5.69 Å². The van der Waals surface area contributed by atoms with E-state index in [2.05, 4.69) is 16.0 Å². The zero-order valence-electron chi connectivity index (χ0n) is 9.47. The molecule has 88 valence electrons. The van der Waals surface area contributed by atoms with Gasteiger partial charge in [-0.25, -0.2) is 0 Å². The molecule has 0 spiro atoms. The summed E-state index contributed by atoms with van der Waals surface area (Å²) in [6.45, 7) is 3.73. The van der Waals surface area contributed by atoms with Crippen LogP contribution in [0.1, 0.15) is 17.7 Å². The van der Waals surface area contributed by atoms with Crippen molar-refractivity contribution in [3.63, 3.8) is 0 Å². The Bertz CT molecular complexity index is 343. The van der Waals surface area contributed by atoms with Crippen LogP contribution in [0.3, 0.4) is 0 Å². The molecule has 1 fully saturated rings. The summed E-state index contributed by atoms with van der Waals surface area (Å²) in [6, 6.07) is 4.04. The largest absolute Gasteiger partial charge is 0.396 e. The van der Waals surface area contributed by atoms with Crippen LogP contribution in [0.15, 0.2) is 18.3 Å². The van der Waals surface area contributed by atoms with Crippen LogP contribution in [0, 0.1) is 5.92 Å². The fourth-order valence-electron chi connectivity index (χ4n) is 2.25. The third-order valence-corrected chi connectivity index (χ3v) is 3.20. The average molecular weight is 221 g/mol. The predicted molar refractivity (Wildman–Crippen MR) is 62.6 cm³/mol. The molecular weight excluding hydrogens is 202 g/mol. The van der Waals surface area contributed by atoms with Crippen LogP contribution in [0.2, 0.25) is 0 Å². The maximum Gasteiger partial charge on any atom is 0.0584 e. The highest BCUT2D eigenvalue weighted by Crippen LogP contribution is 2.18. The standard InChI is InChI=1S/C12H19N3O/c13-6-12-11(2-1-4-14-12)8-15-5-3-10(7-15)9-16/h1-2,4,10,16H,3,5-9,13H2. The second-order valence-electron chi connectivity index (χ2n) is 4.39. The fourth-order valence-corrected chi connectivity index (χ4v) is 2.25.